The SMILES string of the molecule is O=C(N[C@H](c1ccccc1)c1ccco1)C1(Cn2ccnc2)CC1. The minimum absolute atomic E-state index is 0.0708. The van der Waals surface area contributed by atoms with Gasteiger partial charge in [-0.25, -0.2) is 4.98 Å². The summed E-state index contributed by atoms with van der Waals surface area (Å²) in [4.78, 5) is 17.0. The topological polar surface area (TPSA) is 60.1 Å². The van der Waals surface area contributed by atoms with E-state index in [4.69, 9.17) is 4.42 Å². The van der Waals surface area contributed by atoms with Crippen molar-refractivity contribution in [1.29, 1.82) is 0 Å². The highest BCUT2D eigenvalue weighted by Crippen LogP contribution is 2.48. The number of nitrogens with zero attached hydrogens (tertiary/aromatic N) is 2. The molecule has 0 saturated heterocycles. The second-order valence-corrected chi connectivity index (χ2v) is 6.35. The minimum atomic E-state index is -0.333. The van der Waals surface area contributed by atoms with Gasteiger partial charge >= 0.3 is 0 Å². The van der Waals surface area contributed by atoms with Crippen LogP contribution in [0, 0.1) is 5.41 Å². The van der Waals surface area contributed by atoms with E-state index in [2.05, 4.69) is 10.3 Å². The maximum atomic E-state index is 12.9. The molecular formula is C19H19N3O2. The number of aromatic nitrogens is 2. The van der Waals surface area contributed by atoms with Gasteiger partial charge in [0.05, 0.1) is 18.0 Å². The Balaban J connectivity index is 1.56. The van der Waals surface area contributed by atoms with Crippen molar-refractivity contribution in [1.82, 2.24) is 14.9 Å². The lowest BCUT2D eigenvalue weighted by Gasteiger charge is -2.22. The number of furan rings is 1. The molecule has 2 heterocycles. The molecule has 0 radical (unpaired) electrons. The molecule has 0 aliphatic heterocycles. The molecule has 1 N–H and O–H groups in total. The summed E-state index contributed by atoms with van der Waals surface area (Å²) in [6.07, 6.45) is 8.83. The first-order valence-corrected chi connectivity index (χ1v) is 8.12. The Labute approximate surface area is 140 Å². The van der Waals surface area contributed by atoms with E-state index in [1.165, 1.54) is 0 Å². The molecule has 24 heavy (non-hydrogen) atoms. The number of rotatable bonds is 6. The molecule has 1 aromatic carbocycles. The lowest BCUT2D eigenvalue weighted by molar-refractivity contribution is -0.127. The monoisotopic (exact) mass is 321 g/mol. The molecule has 1 fully saturated rings. The molecule has 1 saturated carbocycles. The summed E-state index contributed by atoms with van der Waals surface area (Å²) in [6, 6.07) is 13.4. The van der Waals surface area contributed by atoms with Crippen LogP contribution in [0.15, 0.2) is 71.9 Å². The van der Waals surface area contributed by atoms with Crippen molar-refractivity contribution in [2.24, 2.45) is 5.41 Å². The number of carbonyl (C=O) groups is 1. The third-order valence-electron chi connectivity index (χ3n) is 4.62. The van der Waals surface area contributed by atoms with E-state index in [0.717, 1.165) is 24.2 Å². The maximum absolute atomic E-state index is 12.9. The van der Waals surface area contributed by atoms with E-state index in [1.807, 2.05) is 53.2 Å². The van der Waals surface area contributed by atoms with Crippen molar-refractivity contribution in [3.05, 3.63) is 78.8 Å². The standard InChI is InChI=1S/C19H19N3O2/c23-18(19(8-9-19)13-22-11-10-20-14-22)21-17(16-7-4-12-24-16)15-5-2-1-3-6-15/h1-7,10-12,14,17H,8-9,13H2,(H,21,23)/t17-/m1/s1. The molecule has 3 aromatic rings. The molecule has 5 nitrogen and oxygen atoms in total. The first-order chi connectivity index (χ1) is 11.8. The number of hydrogen-bond donors (Lipinski definition) is 1. The van der Waals surface area contributed by atoms with Crippen LogP contribution in [0.4, 0.5) is 0 Å². The lowest BCUT2D eigenvalue weighted by atomic mass is 10.0. The Kier molecular flexibility index (Phi) is 3.69. The summed E-state index contributed by atoms with van der Waals surface area (Å²) in [5.74, 6) is 0.814. The summed E-state index contributed by atoms with van der Waals surface area (Å²) in [5, 5.41) is 3.18. The van der Waals surface area contributed by atoms with Gasteiger partial charge in [0.15, 0.2) is 0 Å². The van der Waals surface area contributed by atoms with E-state index in [-0.39, 0.29) is 17.4 Å². The average Bonchev–Trinajstić information content (AvgIpc) is 3.02. The number of nitrogens with one attached hydrogen (secondary N) is 1. The first-order valence-electron chi connectivity index (χ1n) is 8.12. The molecule has 122 valence electrons. The van der Waals surface area contributed by atoms with Crippen molar-refractivity contribution < 1.29 is 9.21 Å². The summed E-state index contributed by atoms with van der Waals surface area (Å²) >= 11 is 0. The molecule has 1 aliphatic carbocycles. The molecule has 5 heteroatoms. The van der Waals surface area contributed by atoms with Crippen LogP contribution in [0.3, 0.4) is 0 Å². The molecule has 2 aromatic heterocycles. The van der Waals surface area contributed by atoms with Gasteiger partial charge in [-0.3, -0.25) is 4.79 Å². The third kappa shape index (κ3) is 2.85. The van der Waals surface area contributed by atoms with E-state index in [9.17, 15) is 4.79 Å². The smallest absolute Gasteiger partial charge is 0.228 e. The van der Waals surface area contributed by atoms with Crippen LogP contribution >= 0.6 is 0 Å². The van der Waals surface area contributed by atoms with Crippen LogP contribution in [0.25, 0.3) is 0 Å². The first kappa shape index (κ1) is 14.8. The fraction of sp³-hybridized carbons (Fsp3) is 0.263. The van der Waals surface area contributed by atoms with Crippen molar-refractivity contribution in [3.8, 4) is 0 Å². The highest BCUT2D eigenvalue weighted by Gasteiger charge is 2.50. The van der Waals surface area contributed by atoms with Gasteiger partial charge in [-0.1, -0.05) is 30.3 Å². The van der Waals surface area contributed by atoms with Gasteiger partial charge in [0.2, 0.25) is 5.91 Å². The van der Waals surface area contributed by atoms with Gasteiger partial charge in [-0.2, -0.15) is 0 Å². The lowest BCUT2D eigenvalue weighted by Crippen LogP contribution is -2.37. The van der Waals surface area contributed by atoms with Crippen LogP contribution in [0.2, 0.25) is 0 Å². The number of hydrogen-bond acceptors (Lipinski definition) is 3. The van der Waals surface area contributed by atoms with Gasteiger partial charge in [0.25, 0.3) is 0 Å². The molecule has 1 aliphatic rings. The highest BCUT2D eigenvalue weighted by atomic mass is 16.3. The molecular weight excluding hydrogens is 302 g/mol. The van der Waals surface area contributed by atoms with Crippen molar-refractivity contribution >= 4 is 5.91 Å². The quantitative estimate of drug-likeness (QED) is 0.758. The Morgan fingerprint density at radius 2 is 2.08 bits per heavy atom. The van der Waals surface area contributed by atoms with Crippen molar-refractivity contribution in [2.45, 2.75) is 25.4 Å². The normalized spacial score (nSPS) is 16.5. The summed E-state index contributed by atoms with van der Waals surface area (Å²) in [7, 11) is 0. The minimum Gasteiger partial charge on any atom is -0.467 e. The second-order valence-electron chi connectivity index (χ2n) is 6.35. The Bertz CT molecular complexity index is 791. The number of carbonyl (C=O) groups excluding carboxylic acids is 1. The van der Waals surface area contributed by atoms with Crippen molar-refractivity contribution in [3.63, 3.8) is 0 Å². The number of benzene rings is 1. The molecule has 1 atom stereocenters. The summed E-state index contributed by atoms with van der Waals surface area (Å²) in [5.41, 5.74) is 0.680. The average molecular weight is 321 g/mol. The van der Waals surface area contributed by atoms with Gasteiger partial charge in [-0.15, -0.1) is 0 Å². The fourth-order valence-electron chi connectivity index (χ4n) is 3.04. The fourth-order valence-corrected chi connectivity index (χ4v) is 3.04. The predicted octanol–water partition coefficient (Wildman–Crippen LogP) is 3.16. The Hall–Kier alpha value is -2.82. The van der Waals surface area contributed by atoms with E-state index < -0.39 is 0 Å². The van der Waals surface area contributed by atoms with Gasteiger partial charge < -0.3 is 14.3 Å². The summed E-state index contributed by atoms with van der Waals surface area (Å²) < 4.78 is 7.53. The van der Waals surface area contributed by atoms with Gasteiger partial charge in [0, 0.05) is 18.9 Å². The Morgan fingerprint density at radius 1 is 1.25 bits per heavy atom. The van der Waals surface area contributed by atoms with Crippen LogP contribution in [-0.4, -0.2) is 15.5 Å². The van der Waals surface area contributed by atoms with Crippen LogP contribution in [0.5, 0.6) is 0 Å². The zero-order chi connectivity index (χ0) is 16.4. The van der Waals surface area contributed by atoms with Crippen LogP contribution in [0.1, 0.15) is 30.2 Å². The van der Waals surface area contributed by atoms with Crippen LogP contribution < -0.4 is 5.32 Å². The molecule has 0 bridgehead atoms. The van der Waals surface area contributed by atoms with E-state index in [0.29, 0.717) is 6.54 Å². The predicted molar refractivity (Wildman–Crippen MR) is 89.0 cm³/mol. The molecule has 4 rings (SSSR count). The second kappa shape index (κ2) is 6.00. The zero-order valence-electron chi connectivity index (χ0n) is 13.3. The molecule has 0 spiro atoms. The van der Waals surface area contributed by atoms with Gasteiger partial charge in [0.1, 0.15) is 11.8 Å². The third-order valence-corrected chi connectivity index (χ3v) is 4.62. The summed E-state index contributed by atoms with van der Waals surface area (Å²) in [6.45, 7) is 0.665. The van der Waals surface area contributed by atoms with Gasteiger partial charge in [-0.05, 0) is 30.5 Å². The molecule has 0 unspecified atom stereocenters. The van der Waals surface area contributed by atoms with Crippen LogP contribution in [-0.2, 0) is 11.3 Å². The Morgan fingerprint density at radius 3 is 2.71 bits per heavy atom. The molecule has 1 amide bonds. The number of imidazole rings is 1. The largest absolute Gasteiger partial charge is 0.467 e. The van der Waals surface area contributed by atoms with Crippen molar-refractivity contribution in [2.75, 3.05) is 0 Å². The maximum Gasteiger partial charge on any atom is 0.228 e. The highest BCUT2D eigenvalue weighted by molar-refractivity contribution is 5.85. The van der Waals surface area contributed by atoms with E-state index in [1.54, 1.807) is 18.8 Å². The number of amides is 1. The van der Waals surface area contributed by atoms with E-state index >= 15 is 0 Å². The zero-order valence-corrected chi connectivity index (χ0v) is 13.3.